The van der Waals surface area contributed by atoms with Gasteiger partial charge in [0.05, 0.1) is 6.10 Å². The van der Waals surface area contributed by atoms with Gasteiger partial charge in [0.2, 0.25) is 5.91 Å². The zero-order valence-electron chi connectivity index (χ0n) is 11.9. The Balaban J connectivity index is 1.80. The van der Waals surface area contributed by atoms with Crippen molar-refractivity contribution in [3.05, 3.63) is 33.1 Å². The van der Waals surface area contributed by atoms with E-state index < -0.39 is 5.69 Å². The minimum absolute atomic E-state index is 0.0595. The molecule has 1 aromatic heterocycles. The van der Waals surface area contributed by atoms with Gasteiger partial charge in [-0.15, -0.1) is 0 Å². The zero-order chi connectivity index (χ0) is 15.1. The number of rotatable bonds is 2. The van der Waals surface area contributed by atoms with E-state index in [4.69, 9.17) is 0 Å². The van der Waals surface area contributed by atoms with Crippen LogP contribution in [0.4, 0.5) is 0 Å². The highest BCUT2D eigenvalue weighted by molar-refractivity contribution is 5.77. The van der Waals surface area contributed by atoms with Crippen LogP contribution in [-0.4, -0.2) is 43.2 Å². The van der Waals surface area contributed by atoms with Crippen molar-refractivity contribution in [3.8, 4) is 0 Å². The Morgan fingerprint density at radius 2 is 1.90 bits per heavy atom. The summed E-state index contributed by atoms with van der Waals surface area (Å²) in [7, 11) is 1.40. The first-order valence-corrected chi connectivity index (χ1v) is 7.23. The fraction of sp³-hybridized carbons (Fsp3) is 0.643. The predicted molar refractivity (Wildman–Crippen MR) is 74.8 cm³/mol. The van der Waals surface area contributed by atoms with E-state index in [0.29, 0.717) is 12.8 Å². The molecule has 2 bridgehead atoms. The maximum absolute atomic E-state index is 12.5. The third-order valence-corrected chi connectivity index (χ3v) is 4.56. The number of aliphatic hydroxyl groups is 1. The molecule has 2 atom stereocenters. The maximum atomic E-state index is 12.5. The lowest BCUT2D eigenvalue weighted by Gasteiger charge is -2.37. The summed E-state index contributed by atoms with van der Waals surface area (Å²) in [6.07, 6.45) is 4.09. The Bertz CT molecular complexity index is 664. The van der Waals surface area contributed by atoms with Crippen LogP contribution < -0.4 is 11.2 Å². The molecule has 7 heteroatoms. The molecule has 2 fully saturated rings. The van der Waals surface area contributed by atoms with E-state index in [-0.39, 0.29) is 36.2 Å². The number of hydrogen-bond acceptors (Lipinski definition) is 4. The molecule has 3 rings (SSSR count). The molecule has 2 aliphatic heterocycles. The summed E-state index contributed by atoms with van der Waals surface area (Å²) in [6.45, 7) is -0.0595. The van der Waals surface area contributed by atoms with E-state index in [1.54, 1.807) is 0 Å². The van der Waals surface area contributed by atoms with Gasteiger partial charge in [-0.2, -0.15) is 0 Å². The van der Waals surface area contributed by atoms with Gasteiger partial charge in [0.1, 0.15) is 6.54 Å². The second-order valence-corrected chi connectivity index (χ2v) is 5.93. The van der Waals surface area contributed by atoms with Gasteiger partial charge < -0.3 is 10.0 Å². The van der Waals surface area contributed by atoms with Crippen LogP contribution in [0.5, 0.6) is 0 Å². The summed E-state index contributed by atoms with van der Waals surface area (Å²) in [5, 5.41) is 9.76. The summed E-state index contributed by atoms with van der Waals surface area (Å²) in [6, 6.07) is 1.44. The van der Waals surface area contributed by atoms with Crippen molar-refractivity contribution in [3.63, 3.8) is 0 Å². The van der Waals surface area contributed by atoms with Crippen LogP contribution >= 0.6 is 0 Å². The molecule has 3 heterocycles. The third-order valence-electron chi connectivity index (χ3n) is 4.56. The first kappa shape index (κ1) is 14.1. The van der Waals surface area contributed by atoms with Crippen molar-refractivity contribution in [1.82, 2.24) is 14.0 Å². The molecule has 114 valence electrons. The average molecular weight is 293 g/mol. The van der Waals surface area contributed by atoms with Crippen molar-refractivity contribution in [2.24, 2.45) is 7.05 Å². The SMILES string of the molecule is Cn1c(=O)ccn(CC(=O)N2C3CCC2CC(O)C3)c1=O. The molecule has 0 saturated carbocycles. The number of carbonyl (C=O) groups is 1. The van der Waals surface area contributed by atoms with E-state index >= 15 is 0 Å². The minimum atomic E-state index is -0.486. The normalized spacial score (nSPS) is 27.9. The van der Waals surface area contributed by atoms with E-state index in [9.17, 15) is 19.5 Å². The van der Waals surface area contributed by atoms with Crippen molar-refractivity contribution in [1.29, 1.82) is 0 Å². The van der Waals surface area contributed by atoms with Crippen LogP contribution in [0.25, 0.3) is 0 Å². The summed E-state index contributed by atoms with van der Waals surface area (Å²) in [4.78, 5) is 37.6. The zero-order valence-corrected chi connectivity index (χ0v) is 11.9. The number of amides is 1. The first-order valence-electron chi connectivity index (χ1n) is 7.23. The van der Waals surface area contributed by atoms with E-state index in [0.717, 1.165) is 17.4 Å². The molecule has 7 nitrogen and oxygen atoms in total. The first-order chi connectivity index (χ1) is 9.97. The van der Waals surface area contributed by atoms with Crippen LogP contribution in [0.15, 0.2) is 21.9 Å². The van der Waals surface area contributed by atoms with Crippen molar-refractivity contribution < 1.29 is 9.90 Å². The number of aliphatic hydroxyl groups excluding tert-OH is 1. The average Bonchev–Trinajstić information content (AvgIpc) is 2.72. The summed E-state index contributed by atoms with van der Waals surface area (Å²) < 4.78 is 2.25. The molecule has 1 amide bonds. The van der Waals surface area contributed by atoms with Crippen LogP contribution in [0.2, 0.25) is 0 Å². The standard InChI is InChI=1S/C14H19N3O4/c1-15-12(19)4-5-16(14(15)21)8-13(20)17-9-2-3-10(17)7-11(18)6-9/h4-5,9-11,18H,2-3,6-8H2,1H3. The number of piperidine rings is 1. The molecule has 1 N–H and O–H groups in total. The maximum Gasteiger partial charge on any atom is 0.331 e. The van der Waals surface area contributed by atoms with Crippen molar-refractivity contribution in [2.75, 3.05) is 0 Å². The second kappa shape index (κ2) is 5.14. The lowest BCUT2D eigenvalue weighted by atomic mass is 10.00. The molecule has 0 spiro atoms. The van der Waals surface area contributed by atoms with Gasteiger partial charge in [-0.3, -0.25) is 18.7 Å². The topological polar surface area (TPSA) is 84.5 Å². The summed E-state index contributed by atoms with van der Waals surface area (Å²) in [5.74, 6) is -0.116. The summed E-state index contributed by atoms with van der Waals surface area (Å²) >= 11 is 0. The molecule has 0 aromatic carbocycles. The van der Waals surface area contributed by atoms with Crippen LogP contribution in [0.1, 0.15) is 25.7 Å². The Hall–Kier alpha value is -1.89. The van der Waals surface area contributed by atoms with Gasteiger partial charge in [0.25, 0.3) is 5.56 Å². The number of aromatic nitrogens is 2. The van der Waals surface area contributed by atoms with Gasteiger partial charge in [0, 0.05) is 31.4 Å². The van der Waals surface area contributed by atoms with E-state index in [1.165, 1.54) is 23.9 Å². The van der Waals surface area contributed by atoms with Gasteiger partial charge in [0.15, 0.2) is 0 Å². The van der Waals surface area contributed by atoms with Crippen LogP contribution in [0, 0.1) is 0 Å². The van der Waals surface area contributed by atoms with Crippen molar-refractivity contribution in [2.45, 2.75) is 50.4 Å². The quantitative estimate of drug-likeness (QED) is 0.763. The highest BCUT2D eigenvalue weighted by Crippen LogP contribution is 2.35. The molecule has 0 radical (unpaired) electrons. The highest BCUT2D eigenvalue weighted by Gasteiger charge is 2.42. The number of nitrogens with zero attached hydrogens (tertiary/aromatic N) is 3. The van der Waals surface area contributed by atoms with Gasteiger partial charge >= 0.3 is 5.69 Å². The van der Waals surface area contributed by atoms with E-state index in [2.05, 4.69) is 0 Å². The fourth-order valence-electron chi connectivity index (χ4n) is 3.52. The Morgan fingerprint density at radius 1 is 1.29 bits per heavy atom. The second-order valence-electron chi connectivity index (χ2n) is 5.93. The predicted octanol–water partition coefficient (Wildman–Crippen LogP) is -0.939. The molecule has 1 aromatic rings. The lowest BCUT2D eigenvalue weighted by molar-refractivity contribution is -0.138. The number of hydrogen-bond donors (Lipinski definition) is 1. The van der Waals surface area contributed by atoms with Gasteiger partial charge in [-0.1, -0.05) is 0 Å². The third kappa shape index (κ3) is 2.42. The number of fused-ring (bicyclic) bond motifs is 2. The van der Waals surface area contributed by atoms with Crippen LogP contribution in [-0.2, 0) is 18.4 Å². The molecule has 0 aliphatic carbocycles. The smallest absolute Gasteiger partial charge is 0.331 e. The van der Waals surface area contributed by atoms with Gasteiger partial charge in [-0.05, 0) is 25.7 Å². The molecular formula is C14H19N3O4. The largest absolute Gasteiger partial charge is 0.393 e. The molecule has 2 aliphatic rings. The lowest BCUT2D eigenvalue weighted by Crippen LogP contribution is -2.50. The number of carbonyl (C=O) groups excluding carboxylic acids is 1. The van der Waals surface area contributed by atoms with E-state index in [1.807, 2.05) is 4.90 Å². The molecule has 2 unspecified atom stereocenters. The molecular weight excluding hydrogens is 274 g/mol. The van der Waals surface area contributed by atoms with Crippen molar-refractivity contribution >= 4 is 5.91 Å². The fourth-order valence-corrected chi connectivity index (χ4v) is 3.52. The Morgan fingerprint density at radius 3 is 2.52 bits per heavy atom. The van der Waals surface area contributed by atoms with Gasteiger partial charge in [-0.25, -0.2) is 4.79 Å². The Kier molecular flexibility index (Phi) is 3.44. The van der Waals surface area contributed by atoms with Crippen LogP contribution in [0.3, 0.4) is 0 Å². The molecule has 21 heavy (non-hydrogen) atoms. The highest BCUT2D eigenvalue weighted by atomic mass is 16.3. The monoisotopic (exact) mass is 293 g/mol. The molecule has 2 saturated heterocycles. The Labute approximate surface area is 121 Å². The summed E-state index contributed by atoms with van der Waals surface area (Å²) in [5.41, 5.74) is -0.870. The minimum Gasteiger partial charge on any atom is -0.393 e.